The van der Waals surface area contributed by atoms with E-state index in [4.69, 9.17) is 10.8 Å². The summed E-state index contributed by atoms with van der Waals surface area (Å²) in [6.07, 6.45) is 1.29. The summed E-state index contributed by atoms with van der Waals surface area (Å²) in [6.45, 7) is 5.26. The molecule has 0 aromatic rings. The first-order valence-corrected chi connectivity index (χ1v) is 3.68. The standard InChI is InChI=1S/C8H14N2O2/c1-5(2)10-4-7(6(3)9)8(11)12/h4-5H,9H2,1-3H3,(H,11,12). The molecule has 0 saturated heterocycles. The van der Waals surface area contributed by atoms with Gasteiger partial charge in [-0.1, -0.05) is 0 Å². The monoisotopic (exact) mass is 170 g/mol. The summed E-state index contributed by atoms with van der Waals surface area (Å²) in [5.41, 5.74) is 5.66. The van der Waals surface area contributed by atoms with Crippen molar-refractivity contribution in [2.45, 2.75) is 26.8 Å². The highest BCUT2D eigenvalue weighted by Gasteiger charge is 2.06. The number of allylic oxidation sites excluding steroid dienone is 1. The molecular formula is C8H14N2O2. The van der Waals surface area contributed by atoms with E-state index >= 15 is 0 Å². The summed E-state index contributed by atoms with van der Waals surface area (Å²) in [6, 6.07) is 0.0821. The van der Waals surface area contributed by atoms with Crippen molar-refractivity contribution < 1.29 is 9.90 Å². The molecule has 0 aliphatic heterocycles. The first-order chi connectivity index (χ1) is 5.45. The van der Waals surface area contributed by atoms with Gasteiger partial charge in [-0.25, -0.2) is 4.79 Å². The zero-order valence-electron chi connectivity index (χ0n) is 7.53. The Morgan fingerprint density at radius 1 is 1.58 bits per heavy atom. The fraction of sp³-hybridized carbons (Fsp3) is 0.500. The summed E-state index contributed by atoms with van der Waals surface area (Å²) >= 11 is 0. The van der Waals surface area contributed by atoms with E-state index in [-0.39, 0.29) is 17.3 Å². The van der Waals surface area contributed by atoms with Crippen molar-refractivity contribution in [1.29, 1.82) is 0 Å². The van der Waals surface area contributed by atoms with E-state index < -0.39 is 5.97 Å². The predicted molar refractivity (Wildman–Crippen MR) is 48.2 cm³/mol. The number of carbonyl (C=O) groups is 1. The molecule has 0 atom stereocenters. The van der Waals surface area contributed by atoms with Gasteiger partial charge in [-0.15, -0.1) is 0 Å². The van der Waals surface area contributed by atoms with E-state index in [9.17, 15) is 4.79 Å². The van der Waals surface area contributed by atoms with Crippen LogP contribution in [-0.2, 0) is 4.79 Å². The van der Waals surface area contributed by atoms with Crippen LogP contribution in [0.3, 0.4) is 0 Å². The molecule has 12 heavy (non-hydrogen) atoms. The van der Waals surface area contributed by atoms with E-state index in [1.54, 1.807) is 0 Å². The maximum absolute atomic E-state index is 10.5. The van der Waals surface area contributed by atoms with Gasteiger partial charge in [0.2, 0.25) is 0 Å². The van der Waals surface area contributed by atoms with E-state index in [0.29, 0.717) is 0 Å². The molecule has 68 valence electrons. The fourth-order valence-electron chi connectivity index (χ4n) is 0.549. The molecular weight excluding hydrogens is 156 g/mol. The Morgan fingerprint density at radius 3 is 2.33 bits per heavy atom. The highest BCUT2D eigenvalue weighted by atomic mass is 16.4. The number of aliphatic imine (C=N–C) groups is 1. The molecule has 0 aliphatic rings. The van der Waals surface area contributed by atoms with Gasteiger partial charge in [0.1, 0.15) is 0 Å². The van der Waals surface area contributed by atoms with Gasteiger partial charge >= 0.3 is 5.97 Å². The van der Waals surface area contributed by atoms with Gasteiger partial charge in [0.25, 0.3) is 0 Å². The number of carboxylic acid groups (broad SMARTS) is 1. The Labute approximate surface area is 71.8 Å². The summed E-state index contributed by atoms with van der Waals surface area (Å²) < 4.78 is 0. The van der Waals surface area contributed by atoms with Crippen LogP contribution in [0, 0.1) is 0 Å². The molecule has 0 unspecified atom stereocenters. The lowest BCUT2D eigenvalue weighted by molar-refractivity contribution is -0.132. The maximum Gasteiger partial charge on any atom is 0.339 e. The topological polar surface area (TPSA) is 75.7 Å². The maximum atomic E-state index is 10.5. The lowest BCUT2D eigenvalue weighted by Gasteiger charge is -1.98. The molecule has 0 rings (SSSR count). The minimum absolute atomic E-state index is 0.0590. The Hall–Kier alpha value is -1.32. The second kappa shape index (κ2) is 4.54. The van der Waals surface area contributed by atoms with Crippen molar-refractivity contribution in [3.8, 4) is 0 Å². The molecule has 0 aromatic heterocycles. The van der Waals surface area contributed by atoms with E-state index in [2.05, 4.69) is 4.99 Å². The molecule has 4 nitrogen and oxygen atoms in total. The smallest absolute Gasteiger partial charge is 0.339 e. The quantitative estimate of drug-likeness (QED) is 0.485. The molecule has 0 saturated carbocycles. The zero-order valence-corrected chi connectivity index (χ0v) is 7.53. The highest BCUT2D eigenvalue weighted by molar-refractivity contribution is 6.09. The third kappa shape index (κ3) is 3.75. The molecule has 0 fully saturated rings. The van der Waals surface area contributed by atoms with Crippen molar-refractivity contribution >= 4 is 12.2 Å². The molecule has 0 aliphatic carbocycles. The van der Waals surface area contributed by atoms with Gasteiger partial charge in [0.15, 0.2) is 0 Å². The Bertz CT molecular complexity index is 225. The summed E-state index contributed by atoms with van der Waals surface area (Å²) in [5.74, 6) is -1.04. The zero-order chi connectivity index (χ0) is 9.72. The molecule has 0 heterocycles. The van der Waals surface area contributed by atoms with Gasteiger partial charge in [0.05, 0.1) is 5.57 Å². The third-order valence-electron chi connectivity index (χ3n) is 1.16. The van der Waals surface area contributed by atoms with E-state index in [0.717, 1.165) is 0 Å². The average molecular weight is 170 g/mol. The molecule has 3 N–H and O–H groups in total. The van der Waals surface area contributed by atoms with E-state index in [1.165, 1.54) is 13.1 Å². The molecule has 0 bridgehead atoms. The van der Waals surface area contributed by atoms with Crippen LogP contribution < -0.4 is 5.73 Å². The largest absolute Gasteiger partial charge is 0.478 e. The molecule has 0 spiro atoms. The number of hydrogen-bond acceptors (Lipinski definition) is 3. The van der Waals surface area contributed by atoms with Crippen molar-refractivity contribution in [2.24, 2.45) is 10.7 Å². The van der Waals surface area contributed by atoms with Crippen molar-refractivity contribution in [2.75, 3.05) is 0 Å². The lowest BCUT2D eigenvalue weighted by Crippen LogP contribution is -2.10. The SMILES string of the molecule is CC(N)=C(C=NC(C)C)C(=O)O. The number of rotatable bonds is 3. The minimum atomic E-state index is -1.04. The summed E-state index contributed by atoms with van der Waals surface area (Å²) in [7, 11) is 0. The predicted octanol–water partition coefficient (Wildman–Crippen LogP) is 0.783. The molecule has 0 amide bonds. The van der Waals surface area contributed by atoms with E-state index in [1.807, 2.05) is 13.8 Å². The number of nitrogens with zero attached hydrogens (tertiary/aromatic N) is 1. The summed E-state index contributed by atoms with van der Waals surface area (Å²) in [5, 5.41) is 8.63. The minimum Gasteiger partial charge on any atom is -0.478 e. The van der Waals surface area contributed by atoms with Crippen LogP contribution >= 0.6 is 0 Å². The van der Waals surface area contributed by atoms with Crippen LogP contribution in [0.2, 0.25) is 0 Å². The Morgan fingerprint density at radius 2 is 2.08 bits per heavy atom. The lowest BCUT2D eigenvalue weighted by atomic mass is 10.2. The summed E-state index contributed by atoms with van der Waals surface area (Å²) in [4.78, 5) is 14.4. The molecule has 4 heteroatoms. The van der Waals surface area contributed by atoms with Crippen LogP contribution in [0.1, 0.15) is 20.8 Å². The Balaban J connectivity index is 4.59. The average Bonchev–Trinajstić information content (AvgIpc) is 1.84. The first kappa shape index (κ1) is 10.7. The van der Waals surface area contributed by atoms with Crippen LogP contribution in [0.5, 0.6) is 0 Å². The van der Waals surface area contributed by atoms with Gasteiger partial charge in [-0.2, -0.15) is 0 Å². The van der Waals surface area contributed by atoms with Gasteiger partial charge in [0, 0.05) is 18.0 Å². The fourth-order valence-corrected chi connectivity index (χ4v) is 0.549. The second-order valence-electron chi connectivity index (χ2n) is 2.77. The Kier molecular flexibility index (Phi) is 4.04. The third-order valence-corrected chi connectivity index (χ3v) is 1.16. The van der Waals surface area contributed by atoms with Crippen LogP contribution in [0.15, 0.2) is 16.3 Å². The van der Waals surface area contributed by atoms with Crippen molar-refractivity contribution in [3.05, 3.63) is 11.3 Å². The van der Waals surface area contributed by atoms with Gasteiger partial charge in [-0.05, 0) is 20.8 Å². The van der Waals surface area contributed by atoms with Crippen LogP contribution in [0.25, 0.3) is 0 Å². The van der Waals surface area contributed by atoms with Crippen molar-refractivity contribution in [3.63, 3.8) is 0 Å². The van der Waals surface area contributed by atoms with Crippen LogP contribution in [0.4, 0.5) is 0 Å². The second-order valence-corrected chi connectivity index (χ2v) is 2.77. The first-order valence-electron chi connectivity index (χ1n) is 3.68. The highest BCUT2D eigenvalue weighted by Crippen LogP contribution is 1.96. The normalized spacial score (nSPS) is 13.7. The van der Waals surface area contributed by atoms with Gasteiger partial charge in [-0.3, -0.25) is 4.99 Å². The molecule has 0 radical (unpaired) electrons. The number of aliphatic carboxylic acids is 1. The van der Waals surface area contributed by atoms with Crippen molar-refractivity contribution in [1.82, 2.24) is 0 Å². The van der Waals surface area contributed by atoms with Crippen LogP contribution in [-0.4, -0.2) is 23.3 Å². The number of nitrogens with two attached hydrogens (primary N) is 1. The number of hydrogen-bond donors (Lipinski definition) is 2. The number of carboxylic acids is 1. The molecule has 0 aromatic carbocycles. The van der Waals surface area contributed by atoms with Gasteiger partial charge < -0.3 is 10.8 Å².